The van der Waals surface area contributed by atoms with Gasteiger partial charge in [0, 0.05) is 11.7 Å². The quantitative estimate of drug-likeness (QED) is 0.848. The highest BCUT2D eigenvalue weighted by atomic mass is 19.3. The summed E-state index contributed by atoms with van der Waals surface area (Å²) in [5, 5.41) is 3.48. The van der Waals surface area contributed by atoms with Gasteiger partial charge in [0.25, 0.3) is 0 Å². The molecule has 0 radical (unpaired) electrons. The van der Waals surface area contributed by atoms with Crippen LogP contribution in [0.4, 0.5) is 14.5 Å². The molecule has 1 aromatic carbocycles. The molecule has 2 nitrogen and oxygen atoms in total. The van der Waals surface area contributed by atoms with E-state index in [1.54, 1.807) is 24.3 Å². The average molecular weight is 255 g/mol. The summed E-state index contributed by atoms with van der Waals surface area (Å²) in [4.78, 5) is 0. The highest BCUT2D eigenvalue weighted by molar-refractivity contribution is 5.47. The molecule has 1 saturated carbocycles. The largest absolute Gasteiger partial charge is 0.435 e. The normalized spacial score (nSPS) is 23.3. The van der Waals surface area contributed by atoms with Crippen LogP contribution in [0.2, 0.25) is 0 Å². The summed E-state index contributed by atoms with van der Waals surface area (Å²) in [6.07, 6.45) is 4.92. The minimum atomic E-state index is -2.76. The van der Waals surface area contributed by atoms with Crippen LogP contribution in [-0.4, -0.2) is 12.7 Å². The van der Waals surface area contributed by atoms with Gasteiger partial charge in [0.1, 0.15) is 5.75 Å². The topological polar surface area (TPSA) is 21.3 Å². The SMILES string of the molecule is CCC1CCCC1Nc1ccc(OC(F)F)cc1. The molecular formula is C14H19F2NO. The first kappa shape index (κ1) is 13.1. The Labute approximate surface area is 106 Å². The minimum absolute atomic E-state index is 0.203. The Balaban J connectivity index is 1.93. The second-order valence-corrected chi connectivity index (χ2v) is 4.75. The van der Waals surface area contributed by atoms with Gasteiger partial charge in [-0.25, -0.2) is 0 Å². The van der Waals surface area contributed by atoms with Gasteiger partial charge in [-0.05, 0) is 43.0 Å². The van der Waals surface area contributed by atoms with E-state index in [4.69, 9.17) is 0 Å². The number of alkyl halides is 2. The zero-order chi connectivity index (χ0) is 13.0. The predicted octanol–water partition coefficient (Wildman–Crippen LogP) is 4.28. The first-order valence-electron chi connectivity index (χ1n) is 6.50. The number of nitrogens with one attached hydrogen (secondary N) is 1. The molecule has 1 N–H and O–H groups in total. The van der Waals surface area contributed by atoms with Crippen molar-refractivity contribution in [2.75, 3.05) is 5.32 Å². The van der Waals surface area contributed by atoms with Gasteiger partial charge in [0.2, 0.25) is 0 Å². The minimum Gasteiger partial charge on any atom is -0.435 e. The number of rotatable bonds is 5. The molecule has 0 bridgehead atoms. The van der Waals surface area contributed by atoms with Crippen molar-refractivity contribution in [3.05, 3.63) is 24.3 Å². The summed E-state index contributed by atoms with van der Waals surface area (Å²) in [5.74, 6) is 0.927. The zero-order valence-electron chi connectivity index (χ0n) is 10.5. The van der Waals surface area contributed by atoms with Gasteiger partial charge in [-0.15, -0.1) is 0 Å². The molecular weight excluding hydrogens is 236 g/mol. The molecule has 0 saturated heterocycles. The third-order valence-corrected chi connectivity index (χ3v) is 3.62. The van der Waals surface area contributed by atoms with Crippen molar-refractivity contribution in [3.8, 4) is 5.75 Å². The highest BCUT2D eigenvalue weighted by Gasteiger charge is 2.25. The molecule has 18 heavy (non-hydrogen) atoms. The van der Waals surface area contributed by atoms with Crippen LogP contribution >= 0.6 is 0 Å². The first-order chi connectivity index (χ1) is 8.69. The molecule has 2 atom stereocenters. The molecule has 1 aliphatic carbocycles. The van der Waals surface area contributed by atoms with Crippen LogP contribution in [0.5, 0.6) is 5.75 Å². The molecule has 0 amide bonds. The number of ether oxygens (including phenoxy) is 1. The number of halogens is 2. The lowest BCUT2D eigenvalue weighted by Gasteiger charge is -2.21. The van der Waals surface area contributed by atoms with E-state index in [9.17, 15) is 8.78 Å². The summed E-state index contributed by atoms with van der Waals surface area (Å²) in [5.41, 5.74) is 0.974. The van der Waals surface area contributed by atoms with Crippen molar-refractivity contribution in [1.29, 1.82) is 0 Å². The molecule has 4 heteroatoms. The fourth-order valence-electron chi connectivity index (χ4n) is 2.66. The van der Waals surface area contributed by atoms with E-state index in [2.05, 4.69) is 17.0 Å². The van der Waals surface area contributed by atoms with Crippen LogP contribution in [0.15, 0.2) is 24.3 Å². The van der Waals surface area contributed by atoms with E-state index in [0.717, 1.165) is 11.6 Å². The van der Waals surface area contributed by atoms with Crippen LogP contribution in [-0.2, 0) is 0 Å². The summed E-state index contributed by atoms with van der Waals surface area (Å²) < 4.78 is 28.3. The maximum atomic E-state index is 12.0. The number of hydrogen-bond donors (Lipinski definition) is 1. The number of benzene rings is 1. The second-order valence-electron chi connectivity index (χ2n) is 4.75. The van der Waals surface area contributed by atoms with Crippen molar-refractivity contribution in [3.63, 3.8) is 0 Å². The Morgan fingerprint density at radius 1 is 1.28 bits per heavy atom. The van der Waals surface area contributed by atoms with E-state index in [1.165, 1.54) is 25.7 Å². The predicted molar refractivity (Wildman–Crippen MR) is 68.1 cm³/mol. The summed E-state index contributed by atoms with van der Waals surface area (Å²) in [7, 11) is 0. The monoisotopic (exact) mass is 255 g/mol. The van der Waals surface area contributed by atoms with Gasteiger partial charge < -0.3 is 10.1 Å². The van der Waals surface area contributed by atoms with Crippen LogP contribution in [0.25, 0.3) is 0 Å². The standard InChI is InChI=1S/C14H19F2NO/c1-2-10-4-3-5-13(10)17-11-6-8-12(9-7-11)18-14(15)16/h6-10,13-14,17H,2-5H2,1H3. The first-order valence-corrected chi connectivity index (χ1v) is 6.50. The fraction of sp³-hybridized carbons (Fsp3) is 0.571. The van der Waals surface area contributed by atoms with E-state index in [-0.39, 0.29) is 5.75 Å². The van der Waals surface area contributed by atoms with Gasteiger partial charge in [-0.1, -0.05) is 19.8 Å². The van der Waals surface area contributed by atoms with Crippen molar-refractivity contribution < 1.29 is 13.5 Å². The van der Waals surface area contributed by atoms with Crippen molar-refractivity contribution in [1.82, 2.24) is 0 Å². The molecule has 1 fully saturated rings. The lowest BCUT2D eigenvalue weighted by atomic mass is 10.0. The average Bonchev–Trinajstić information content (AvgIpc) is 2.78. The van der Waals surface area contributed by atoms with Crippen LogP contribution in [0, 0.1) is 5.92 Å². The Bertz CT molecular complexity index is 367. The highest BCUT2D eigenvalue weighted by Crippen LogP contribution is 2.31. The van der Waals surface area contributed by atoms with E-state index < -0.39 is 6.61 Å². The molecule has 0 heterocycles. The molecule has 2 rings (SSSR count). The van der Waals surface area contributed by atoms with Crippen molar-refractivity contribution in [2.24, 2.45) is 5.92 Å². The second kappa shape index (κ2) is 6.03. The van der Waals surface area contributed by atoms with Crippen molar-refractivity contribution in [2.45, 2.75) is 45.3 Å². The van der Waals surface area contributed by atoms with E-state index in [0.29, 0.717) is 6.04 Å². The molecule has 100 valence electrons. The van der Waals surface area contributed by atoms with Gasteiger partial charge in [-0.3, -0.25) is 0 Å². The summed E-state index contributed by atoms with van der Waals surface area (Å²) in [6, 6.07) is 7.25. The van der Waals surface area contributed by atoms with E-state index in [1.807, 2.05) is 0 Å². The molecule has 1 aliphatic rings. The van der Waals surface area contributed by atoms with E-state index >= 15 is 0 Å². The fourth-order valence-corrected chi connectivity index (χ4v) is 2.66. The van der Waals surface area contributed by atoms with Crippen LogP contribution in [0.3, 0.4) is 0 Å². The molecule has 1 aromatic rings. The maximum absolute atomic E-state index is 12.0. The van der Waals surface area contributed by atoms with Gasteiger partial charge >= 0.3 is 6.61 Å². The molecule has 0 aromatic heterocycles. The third-order valence-electron chi connectivity index (χ3n) is 3.62. The van der Waals surface area contributed by atoms with Crippen LogP contribution in [0.1, 0.15) is 32.6 Å². The zero-order valence-corrected chi connectivity index (χ0v) is 10.5. The molecule has 0 spiro atoms. The molecule has 2 unspecified atom stereocenters. The van der Waals surface area contributed by atoms with Crippen LogP contribution < -0.4 is 10.1 Å². The summed E-state index contributed by atoms with van der Waals surface area (Å²) in [6.45, 7) is -0.548. The Kier molecular flexibility index (Phi) is 4.39. The lowest BCUT2D eigenvalue weighted by molar-refractivity contribution is -0.0498. The maximum Gasteiger partial charge on any atom is 0.387 e. The smallest absolute Gasteiger partial charge is 0.387 e. The Morgan fingerprint density at radius 2 is 2.00 bits per heavy atom. The van der Waals surface area contributed by atoms with Crippen molar-refractivity contribution >= 4 is 5.69 Å². The Hall–Kier alpha value is -1.32. The van der Waals surface area contributed by atoms with Gasteiger partial charge in [0.05, 0.1) is 0 Å². The Morgan fingerprint density at radius 3 is 2.61 bits per heavy atom. The summed E-state index contributed by atoms with van der Waals surface area (Å²) >= 11 is 0. The lowest BCUT2D eigenvalue weighted by Crippen LogP contribution is -2.23. The molecule has 0 aliphatic heterocycles. The number of anilines is 1. The van der Waals surface area contributed by atoms with Gasteiger partial charge in [0.15, 0.2) is 0 Å². The van der Waals surface area contributed by atoms with Gasteiger partial charge in [-0.2, -0.15) is 8.78 Å². The third kappa shape index (κ3) is 3.34. The number of hydrogen-bond acceptors (Lipinski definition) is 2.